The number of ether oxygens (including phenoxy) is 1. The van der Waals surface area contributed by atoms with Crippen LogP contribution in [-0.2, 0) is 10.2 Å². The van der Waals surface area contributed by atoms with Crippen LogP contribution in [0.2, 0.25) is 5.02 Å². The van der Waals surface area contributed by atoms with Gasteiger partial charge in [0.05, 0.1) is 27.0 Å². The highest BCUT2D eigenvalue weighted by molar-refractivity contribution is 6.35. The Morgan fingerprint density at radius 2 is 1.92 bits per heavy atom. The lowest BCUT2D eigenvalue weighted by molar-refractivity contribution is 0.0292. The zero-order valence-corrected chi connectivity index (χ0v) is 21.9. The van der Waals surface area contributed by atoms with E-state index in [1.807, 2.05) is 37.8 Å². The van der Waals surface area contributed by atoms with Crippen molar-refractivity contribution in [2.45, 2.75) is 76.2 Å². The van der Waals surface area contributed by atoms with Crippen molar-refractivity contribution in [1.82, 2.24) is 14.5 Å². The van der Waals surface area contributed by atoms with Gasteiger partial charge in [0, 0.05) is 19.0 Å². The van der Waals surface area contributed by atoms with Crippen molar-refractivity contribution in [1.29, 1.82) is 0 Å². The molecule has 1 atom stereocenters. The molecule has 1 unspecified atom stereocenters. The molecule has 2 aliphatic heterocycles. The molecule has 2 aromatic carbocycles. The number of nitrogens with zero attached hydrogens (tertiary/aromatic N) is 3. The van der Waals surface area contributed by atoms with Crippen molar-refractivity contribution in [2.75, 3.05) is 13.1 Å². The van der Waals surface area contributed by atoms with Crippen LogP contribution in [0.4, 0.5) is 4.79 Å². The predicted molar refractivity (Wildman–Crippen MR) is 141 cm³/mol. The van der Waals surface area contributed by atoms with Gasteiger partial charge in [0.1, 0.15) is 11.4 Å². The Labute approximate surface area is 216 Å². The van der Waals surface area contributed by atoms with Crippen LogP contribution in [0.3, 0.4) is 0 Å². The van der Waals surface area contributed by atoms with Gasteiger partial charge in [0.25, 0.3) is 5.56 Å². The molecule has 1 saturated heterocycles. The summed E-state index contributed by atoms with van der Waals surface area (Å²) in [4.78, 5) is 32.3. The molecular formula is C29H32ClN3O3. The van der Waals surface area contributed by atoms with E-state index in [1.54, 1.807) is 6.07 Å². The third-order valence-corrected chi connectivity index (χ3v) is 8.41. The van der Waals surface area contributed by atoms with Crippen LogP contribution in [0.5, 0.6) is 0 Å². The largest absolute Gasteiger partial charge is 0.444 e. The summed E-state index contributed by atoms with van der Waals surface area (Å²) in [5, 5.41) is 0.912. The first-order chi connectivity index (χ1) is 17.2. The van der Waals surface area contributed by atoms with E-state index in [9.17, 15) is 9.59 Å². The van der Waals surface area contributed by atoms with Crippen molar-refractivity contribution in [2.24, 2.45) is 0 Å². The van der Waals surface area contributed by atoms with Crippen molar-refractivity contribution in [3.05, 3.63) is 68.7 Å². The average Bonchev–Trinajstić information content (AvgIpc) is 3.42. The molecular weight excluding hydrogens is 474 g/mol. The van der Waals surface area contributed by atoms with Gasteiger partial charge in [0.15, 0.2) is 0 Å². The molecule has 1 saturated carbocycles. The molecule has 7 heteroatoms. The van der Waals surface area contributed by atoms with Crippen LogP contribution in [-0.4, -0.2) is 39.2 Å². The number of halogens is 1. The molecule has 0 N–H and O–H groups in total. The standard InChI is InChI=1S/C29H32ClN3O3/c1-28(2,3)36-27(35)32-15-12-19(17-32)18-10-11-20-23(16-18)33-22-9-7-8-21(30)24(22)25(34)31-26(33)29(20)13-5-4-6-14-29/h7-11,16,19H,4-6,12-15,17H2,1-3H3. The Kier molecular flexibility index (Phi) is 5.45. The Bertz CT molecular complexity index is 1430. The number of fused-ring (bicyclic) bond motifs is 7. The molecule has 36 heavy (non-hydrogen) atoms. The van der Waals surface area contributed by atoms with Crippen molar-refractivity contribution in [3.8, 4) is 5.69 Å². The lowest BCUT2D eigenvalue weighted by atomic mass is 9.69. The van der Waals surface area contributed by atoms with Gasteiger partial charge in [0.2, 0.25) is 0 Å². The van der Waals surface area contributed by atoms with Gasteiger partial charge in [-0.25, -0.2) is 4.79 Å². The van der Waals surface area contributed by atoms with Gasteiger partial charge in [-0.05, 0) is 69.4 Å². The Balaban J connectivity index is 1.45. The maximum atomic E-state index is 13.2. The molecule has 6 rings (SSSR count). The van der Waals surface area contributed by atoms with Gasteiger partial charge in [-0.1, -0.05) is 49.1 Å². The van der Waals surface area contributed by atoms with Crippen LogP contribution in [0.15, 0.2) is 41.2 Å². The second-order valence-electron chi connectivity index (χ2n) is 11.5. The van der Waals surface area contributed by atoms with E-state index in [0.717, 1.165) is 49.1 Å². The maximum Gasteiger partial charge on any atom is 0.410 e. The fourth-order valence-corrected chi connectivity index (χ4v) is 6.73. The number of carbonyl (C=O) groups is 1. The minimum atomic E-state index is -0.507. The van der Waals surface area contributed by atoms with Crippen LogP contribution in [0, 0.1) is 0 Å². The summed E-state index contributed by atoms with van der Waals surface area (Å²) < 4.78 is 7.79. The lowest BCUT2D eigenvalue weighted by Crippen LogP contribution is -2.35. The fourth-order valence-electron chi connectivity index (χ4n) is 6.48. The Morgan fingerprint density at radius 1 is 1.14 bits per heavy atom. The molecule has 3 heterocycles. The smallest absolute Gasteiger partial charge is 0.410 e. The van der Waals surface area contributed by atoms with E-state index >= 15 is 0 Å². The third-order valence-electron chi connectivity index (χ3n) is 8.09. The first-order valence-corrected chi connectivity index (χ1v) is 13.4. The second kappa shape index (κ2) is 8.34. The first-order valence-electron chi connectivity index (χ1n) is 13.0. The number of benzene rings is 2. The summed E-state index contributed by atoms with van der Waals surface area (Å²) in [6.07, 6.45) is 6.09. The van der Waals surface area contributed by atoms with E-state index in [4.69, 9.17) is 16.3 Å². The zero-order valence-electron chi connectivity index (χ0n) is 21.1. The first kappa shape index (κ1) is 23.5. The summed E-state index contributed by atoms with van der Waals surface area (Å²) in [7, 11) is 0. The summed E-state index contributed by atoms with van der Waals surface area (Å²) >= 11 is 6.49. The third kappa shape index (κ3) is 3.64. The van der Waals surface area contributed by atoms with E-state index < -0.39 is 5.60 Å². The van der Waals surface area contributed by atoms with Crippen LogP contribution >= 0.6 is 11.6 Å². The number of hydrogen-bond donors (Lipinski definition) is 0. The minimum Gasteiger partial charge on any atom is -0.444 e. The quantitative estimate of drug-likeness (QED) is 0.388. The van der Waals surface area contributed by atoms with E-state index in [-0.39, 0.29) is 23.0 Å². The normalized spacial score (nSPS) is 20.6. The topological polar surface area (TPSA) is 64.4 Å². The van der Waals surface area contributed by atoms with Gasteiger partial charge < -0.3 is 9.64 Å². The van der Waals surface area contributed by atoms with Gasteiger partial charge >= 0.3 is 6.09 Å². The molecule has 3 aliphatic rings. The highest BCUT2D eigenvalue weighted by Gasteiger charge is 2.46. The maximum absolute atomic E-state index is 13.2. The summed E-state index contributed by atoms with van der Waals surface area (Å²) in [6.45, 7) is 7.01. The molecule has 1 spiro atoms. The summed E-state index contributed by atoms with van der Waals surface area (Å²) in [5.41, 5.74) is 3.39. The Morgan fingerprint density at radius 3 is 2.67 bits per heavy atom. The van der Waals surface area contributed by atoms with Crippen LogP contribution in [0.25, 0.3) is 16.6 Å². The predicted octanol–water partition coefficient (Wildman–Crippen LogP) is 6.33. The monoisotopic (exact) mass is 505 g/mol. The summed E-state index contributed by atoms with van der Waals surface area (Å²) in [6, 6.07) is 12.4. The van der Waals surface area contributed by atoms with Gasteiger partial charge in [-0.15, -0.1) is 0 Å². The molecule has 1 aromatic heterocycles. The Hall–Kier alpha value is -2.86. The van der Waals surface area contributed by atoms with Gasteiger partial charge in [-0.2, -0.15) is 4.98 Å². The molecule has 2 fully saturated rings. The van der Waals surface area contributed by atoms with Crippen molar-refractivity contribution < 1.29 is 9.53 Å². The molecule has 3 aromatic rings. The summed E-state index contributed by atoms with van der Waals surface area (Å²) in [5.74, 6) is 1.09. The highest BCUT2D eigenvalue weighted by Crippen LogP contribution is 2.52. The highest BCUT2D eigenvalue weighted by atomic mass is 35.5. The van der Waals surface area contributed by atoms with Crippen LogP contribution < -0.4 is 5.56 Å². The molecule has 1 aliphatic carbocycles. The zero-order chi connectivity index (χ0) is 25.2. The van der Waals surface area contributed by atoms with Crippen molar-refractivity contribution in [3.63, 3.8) is 0 Å². The lowest BCUT2D eigenvalue weighted by Gasteiger charge is -2.33. The van der Waals surface area contributed by atoms with E-state index in [1.165, 1.54) is 17.5 Å². The SMILES string of the molecule is CC(C)(C)OC(=O)N1CCC(c2ccc3c(c2)-n2c(nc(=O)c4c(Cl)cccc42)C32CCCCC2)C1. The number of aromatic nitrogens is 2. The number of likely N-dealkylation sites (tertiary alicyclic amines) is 1. The number of rotatable bonds is 1. The van der Waals surface area contributed by atoms with Crippen LogP contribution in [0.1, 0.15) is 82.2 Å². The van der Waals surface area contributed by atoms with E-state index in [0.29, 0.717) is 23.5 Å². The molecule has 0 bridgehead atoms. The van der Waals surface area contributed by atoms with Gasteiger partial charge in [-0.3, -0.25) is 9.36 Å². The van der Waals surface area contributed by atoms with E-state index in [2.05, 4.69) is 27.8 Å². The number of carbonyl (C=O) groups excluding carboxylic acids is 1. The molecule has 1 amide bonds. The average molecular weight is 506 g/mol. The van der Waals surface area contributed by atoms with Crippen molar-refractivity contribution >= 4 is 28.6 Å². The fraction of sp³-hybridized carbons (Fsp3) is 0.483. The number of amides is 1. The number of hydrogen-bond acceptors (Lipinski definition) is 4. The minimum absolute atomic E-state index is 0.233. The second-order valence-corrected chi connectivity index (χ2v) is 11.9. The molecule has 6 nitrogen and oxygen atoms in total. The molecule has 0 radical (unpaired) electrons. The molecule has 188 valence electrons.